The number of anilines is 1. The van der Waals surface area contributed by atoms with E-state index in [0.717, 1.165) is 43.2 Å². The number of aromatic nitrogens is 2. The van der Waals surface area contributed by atoms with Crippen LogP contribution in [0.2, 0.25) is 0 Å². The lowest BCUT2D eigenvalue weighted by Gasteiger charge is -2.25. The van der Waals surface area contributed by atoms with Crippen molar-refractivity contribution in [1.82, 2.24) is 9.78 Å². The van der Waals surface area contributed by atoms with E-state index >= 15 is 0 Å². The molecule has 3 heterocycles. The van der Waals surface area contributed by atoms with Crippen molar-refractivity contribution in [3.05, 3.63) is 64.5 Å². The number of aryl methyl sites for hydroxylation is 3. The molecule has 0 saturated heterocycles. The van der Waals surface area contributed by atoms with Gasteiger partial charge in [-0.1, -0.05) is 12.1 Å². The number of thioether (sulfide) groups is 1. The third-order valence-corrected chi connectivity index (χ3v) is 7.71. The second-order valence-corrected chi connectivity index (χ2v) is 9.61. The Morgan fingerprint density at radius 2 is 1.90 bits per heavy atom. The molecule has 0 spiro atoms. The van der Waals surface area contributed by atoms with Crippen LogP contribution in [0.4, 0.5) is 5.69 Å². The van der Waals surface area contributed by atoms with Gasteiger partial charge in [0.15, 0.2) is 11.5 Å². The smallest absolute Gasteiger partial charge is 0.231 e. The van der Waals surface area contributed by atoms with Crippen LogP contribution in [0.1, 0.15) is 46.7 Å². The maximum Gasteiger partial charge on any atom is 0.231 e. The first-order valence-corrected chi connectivity index (χ1v) is 11.9. The average Bonchev–Trinajstić information content (AvgIpc) is 3.28. The number of ether oxygens (including phenoxy) is 2. The molecule has 1 aromatic heterocycles. The van der Waals surface area contributed by atoms with Crippen LogP contribution in [0.15, 0.2) is 41.3 Å². The quantitative estimate of drug-likeness (QED) is 0.518. The topological polar surface area (TPSA) is 39.5 Å². The molecular weight excluding hydrogens is 406 g/mol. The summed E-state index contributed by atoms with van der Waals surface area (Å²) in [6.07, 6.45) is 1.07. The minimum atomic E-state index is 0.316. The van der Waals surface area contributed by atoms with Gasteiger partial charge in [0, 0.05) is 41.0 Å². The van der Waals surface area contributed by atoms with Gasteiger partial charge in [0.05, 0.1) is 11.4 Å². The molecule has 162 valence electrons. The number of hydrogen-bond acceptors (Lipinski definition) is 5. The third kappa shape index (κ3) is 3.78. The molecule has 5 rings (SSSR count). The van der Waals surface area contributed by atoms with Gasteiger partial charge in [-0.3, -0.25) is 4.68 Å². The SMILES string of the molecule is CCn1nc(C)c(CN2CC[C@H](c3ccc4c(c3)OCO4)Sc3cc(C)ccc32)c1C. The Morgan fingerprint density at radius 1 is 1.06 bits per heavy atom. The van der Waals surface area contributed by atoms with Gasteiger partial charge in [0.2, 0.25) is 6.79 Å². The zero-order valence-corrected chi connectivity index (χ0v) is 19.5. The van der Waals surface area contributed by atoms with Gasteiger partial charge in [-0.05, 0) is 69.5 Å². The fraction of sp³-hybridized carbons (Fsp3) is 0.400. The molecule has 0 N–H and O–H groups in total. The van der Waals surface area contributed by atoms with Crippen molar-refractivity contribution in [3.63, 3.8) is 0 Å². The van der Waals surface area contributed by atoms with Crippen molar-refractivity contribution in [2.75, 3.05) is 18.2 Å². The molecular formula is C25H29N3O2S. The van der Waals surface area contributed by atoms with E-state index in [-0.39, 0.29) is 0 Å². The Balaban J connectivity index is 1.48. The number of benzene rings is 2. The minimum absolute atomic E-state index is 0.316. The van der Waals surface area contributed by atoms with Crippen LogP contribution in [0.5, 0.6) is 11.5 Å². The molecule has 6 heteroatoms. The first kappa shape index (κ1) is 20.3. The average molecular weight is 436 g/mol. The molecule has 0 saturated carbocycles. The predicted molar refractivity (Wildman–Crippen MR) is 125 cm³/mol. The van der Waals surface area contributed by atoms with E-state index in [1.54, 1.807) is 0 Å². The van der Waals surface area contributed by atoms with Crippen LogP contribution in [-0.4, -0.2) is 23.1 Å². The van der Waals surface area contributed by atoms with E-state index in [9.17, 15) is 0 Å². The number of hydrogen-bond donors (Lipinski definition) is 0. The summed E-state index contributed by atoms with van der Waals surface area (Å²) in [5.41, 5.74) is 7.68. The highest BCUT2D eigenvalue weighted by atomic mass is 32.2. The van der Waals surface area contributed by atoms with Crippen molar-refractivity contribution in [3.8, 4) is 11.5 Å². The number of fused-ring (bicyclic) bond motifs is 2. The van der Waals surface area contributed by atoms with Crippen molar-refractivity contribution in [2.45, 2.75) is 57.4 Å². The van der Waals surface area contributed by atoms with Gasteiger partial charge in [0.1, 0.15) is 0 Å². The fourth-order valence-electron chi connectivity index (χ4n) is 4.56. The Kier molecular flexibility index (Phi) is 5.34. The monoisotopic (exact) mass is 435 g/mol. The van der Waals surface area contributed by atoms with E-state index in [1.807, 2.05) is 17.8 Å². The van der Waals surface area contributed by atoms with Gasteiger partial charge in [-0.2, -0.15) is 5.10 Å². The molecule has 31 heavy (non-hydrogen) atoms. The highest BCUT2D eigenvalue weighted by Crippen LogP contribution is 2.47. The van der Waals surface area contributed by atoms with Crippen LogP contribution >= 0.6 is 11.8 Å². The zero-order chi connectivity index (χ0) is 21.5. The van der Waals surface area contributed by atoms with Gasteiger partial charge < -0.3 is 14.4 Å². The van der Waals surface area contributed by atoms with Crippen LogP contribution < -0.4 is 14.4 Å². The summed E-state index contributed by atoms with van der Waals surface area (Å²) in [6.45, 7) is 11.8. The Morgan fingerprint density at radius 3 is 2.71 bits per heavy atom. The van der Waals surface area contributed by atoms with E-state index in [4.69, 9.17) is 14.6 Å². The molecule has 0 amide bonds. The highest BCUT2D eigenvalue weighted by molar-refractivity contribution is 7.99. The first-order chi connectivity index (χ1) is 15.0. The summed E-state index contributed by atoms with van der Waals surface area (Å²) in [4.78, 5) is 3.88. The molecule has 0 aliphatic carbocycles. The predicted octanol–water partition coefficient (Wildman–Crippen LogP) is 5.80. The van der Waals surface area contributed by atoms with E-state index in [2.05, 4.69) is 67.6 Å². The molecule has 0 bridgehead atoms. The summed E-state index contributed by atoms with van der Waals surface area (Å²) in [7, 11) is 0. The molecule has 0 unspecified atom stereocenters. The van der Waals surface area contributed by atoms with Crippen LogP contribution in [0, 0.1) is 20.8 Å². The summed E-state index contributed by atoms with van der Waals surface area (Å²) in [5.74, 6) is 1.71. The highest BCUT2D eigenvalue weighted by Gasteiger charge is 2.26. The molecule has 2 aliphatic heterocycles. The minimum Gasteiger partial charge on any atom is -0.454 e. The number of rotatable bonds is 4. The van der Waals surface area contributed by atoms with Gasteiger partial charge >= 0.3 is 0 Å². The molecule has 1 atom stereocenters. The maximum absolute atomic E-state index is 5.64. The van der Waals surface area contributed by atoms with Crippen molar-refractivity contribution in [2.24, 2.45) is 0 Å². The van der Waals surface area contributed by atoms with Gasteiger partial charge in [-0.15, -0.1) is 11.8 Å². The first-order valence-electron chi connectivity index (χ1n) is 11.0. The zero-order valence-electron chi connectivity index (χ0n) is 18.6. The molecule has 2 aliphatic rings. The molecule has 0 fully saturated rings. The normalized spacial score (nSPS) is 17.5. The third-order valence-electron chi connectivity index (χ3n) is 6.33. The lowest BCUT2D eigenvalue weighted by molar-refractivity contribution is 0.174. The fourth-order valence-corrected chi connectivity index (χ4v) is 5.94. The standard InChI is InChI=1S/C25H29N3O2S/c1-5-28-18(4)20(17(3)26-28)14-27-11-10-24(31-25-12-16(2)6-8-21(25)27)19-7-9-22-23(13-19)30-15-29-22/h6-9,12-13,24H,5,10-11,14-15H2,1-4H3/t24-/m1/s1. The van der Waals surface area contributed by atoms with Gasteiger partial charge in [0.25, 0.3) is 0 Å². The second-order valence-electron chi connectivity index (χ2n) is 8.37. The summed E-state index contributed by atoms with van der Waals surface area (Å²) >= 11 is 1.96. The number of nitrogens with zero attached hydrogens (tertiary/aromatic N) is 3. The molecule has 0 radical (unpaired) electrons. The van der Waals surface area contributed by atoms with Crippen molar-refractivity contribution >= 4 is 17.4 Å². The lowest BCUT2D eigenvalue weighted by Crippen LogP contribution is -2.24. The Bertz CT molecular complexity index is 1120. The Labute approximate surface area is 188 Å². The van der Waals surface area contributed by atoms with E-state index < -0.39 is 0 Å². The van der Waals surface area contributed by atoms with Crippen molar-refractivity contribution in [1.29, 1.82) is 0 Å². The summed E-state index contributed by atoms with van der Waals surface area (Å²) in [6, 6.07) is 13.2. The van der Waals surface area contributed by atoms with E-state index in [1.165, 1.54) is 33.0 Å². The van der Waals surface area contributed by atoms with Gasteiger partial charge in [-0.25, -0.2) is 0 Å². The maximum atomic E-state index is 5.64. The summed E-state index contributed by atoms with van der Waals surface area (Å²) in [5, 5.41) is 5.12. The second kappa shape index (κ2) is 8.15. The van der Waals surface area contributed by atoms with E-state index in [0.29, 0.717) is 12.0 Å². The Hall–Kier alpha value is -2.60. The summed E-state index contributed by atoms with van der Waals surface area (Å²) < 4.78 is 13.3. The molecule has 3 aromatic rings. The van der Waals surface area contributed by atoms with Crippen LogP contribution in [-0.2, 0) is 13.1 Å². The largest absolute Gasteiger partial charge is 0.454 e. The van der Waals surface area contributed by atoms with Crippen molar-refractivity contribution < 1.29 is 9.47 Å². The molecule has 2 aromatic carbocycles. The van der Waals surface area contributed by atoms with Crippen LogP contribution in [0.3, 0.4) is 0 Å². The lowest BCUT2D eigenvalue weighted by atomic mass is 10.1. The van der Waals surface area contributed by atoms with Crippen LogP contribution in [0.25, 0.3) is 0 Å². The molecule has 5 nitrogen and oxygen atoms in total.